The van der Waals surface area contributed by atoms with Crippen LogP contribution in [0, 0.1) is 13.8 Å². The number of hydrogen-bond acceptors (Lipinski definition) is 5. The Hall–Kier alpha value is -3.25. The molecule has 0 N–H and O–H groups in total. The lowest BCUT2D eigenvalue weighted by Gasteiger charge is -2.20. The summed E-state index contributed by atoms with van der Waals surface area (Å²) in [4.78, 5) is 24.1. The van der Waals surface area contributed by atoms with Gasteiger partial charge in [-0.15, -0.1) is 0 Å². The van der Waals surface area contributed by atoms with Crippen molar-refractivity contribution in [2.45, 2.75) is 26.8 Å². The highest BCUT2D eigenvalue weighted by molar-refractivity contribution is 7.22. The second-order valence-electron chi connectivity index (χ2n) is 7.28. The minimum Gasteiger partial charge on any atom is -0.497 e. The molecule has 2 heterocycles. The first-order chi connectivity index (χ1) is 14.5. The number of amides is 1. The molecule has 0 aliphatic rings. The minimum atomic E-state index is 0.0126. The van der Waals surface area contributed by atoms with Gasteiger partial charge in [0.2, 0.25) is 5.91 Å². The first-order valence-corrected chi connectivity index (χ1v) is 10.5. The van der Waals surface area contributed by atoms with Crippen LogP contribution in [0.5, 0.6) is 5.75 Å². The fraction of sp³-hybridized carbons (Fsp3) is 0.208. The maximum Gasteiger partial charge on any atom is 0.233 e. The molecule has 0 radical (unpaired) electrons. The summed E-state index contributed by atoms with van der Waals surface area (Å²) in [6.07, 6.45) is 3.84. The van der Waals surface area contributed by atoms with Crippen molar-refractivity contribution in [3.63, 3.8) is 0 Å². The number of carbonyl (C=O) groups excluding carboxylic acids is 1. The quantitative estimate of drug-likeness (QED) is 0.438. The number of benzene rings is 2. The maximum atomic E-state index is 13.4. The molecule has 0 atom stereocenters. The van der Waals surface area contributed by atoms with Gasteiger partial charge in [0.1, 0.15) is 5.75 Å². The molecule has 2 aromatic heterocycles. The van der Waals surface area contributed by atoms with Crippen molar-refractivity contribution in [1.29, 1.82) is 0 Å². The summed E-state index contributed by atoms with van der Waals surface area (Å²) in [6.45, 7) is 4.51. The molecule has 4 aromatic rings. The predicted molar refractivity (Wildman–Crippen MR) is 121 cm³/mol. The first-order valence-electron chi connectivity index (χ1n) is 9.73. The molecule has 0 saturated carbocycles. The molecule has 0 spiro atoms. The van der Waals surface area contributed by atoms with Gasteiger partial charge in [-0.05, 0) is 54.8 Å². The van der Waals surface area contributed by atoms with Crippen LogP contribution in [0.15, 0.2) is 60.9 Å². The van der Waals surface area contributed by atoms with Gasteiger partial charge < -0.3 is 4.74 Å². The van der Waals surface area contributed by atoms with Gasteiger partial charge in [0.25, 0.3) is 0 Å². The standard InChI is InChI=1S/C24H23N3O2S/c1-16-6-7-17(2)19(11-16)12-23(28)27(15-18-5-4-10-25-14-18)24-26-21-9-8-20(29-3)13-22(21)30-24/h4-11,13-14H,12,15H2,1-3H3. The van der Waals surface area contributed by atoms with Crippen molar-refractivity contribution >= 4 is 32.6 Å². The number of nitrogens with zero attached hydrogens (tertiary/aromatic N) is 3. The maximum absolute atomic E-state index is 13.4. The summed E-state index contributed by atoms with van der Waals surface area (Å²) < 4.78 is 6.31. The number of methoxy groups -OCH3 is 1. The molecule has 5 nitrogen and oxygen atoms in total. The van der Waals surface area contributed by atoms with Gasteiger partial charge in [-0.2, -0.15) is 0 Å². The number of rotatable bonds is 6. The molecule has 2 aromatic carbocycles. The predicted octanol–water partition coefficient (Wildman–Crippen LogP) is 5.09. The third-order valence-corrected chi connectivity index (χ3v) is 6.07. The minimum absolute atomic E-state index is 0.0126. The van der Waals surface area contributed by atoms with Crippen LogP contribution in [-0.4, -0.2) is 23.0 Å². The van der Waals surface area contributed by atoms with E-state index in [-0.39, 0.29) is 5.91 Å². The Bertz CT molecular complexity index is 1190. The van der Waals surface area contributed by atoms with E-state index in [1.165, 1.54) is 11.3 Å². The SMILES string of the molecule is COc1ccc2nc(N(Cc3cccnc3)C(=O)Cc3cc(C)ccc3C)sc2c1. The molecule has 6 heteroatoms. The van der Waals surface area contributed by atoms with Crippen molar-refractivity contribution in [2.75, 3.05) is 12.0 Å². The lowest BCUT2D eigenvalue weighted by Crippen LogP contribution is -2.32. The Morgan fingerprint density at radius 3 is 2.77 bits per heavy atom. The topological polar surface area (TPSA) is 55.3 Å². The molecule has 0 bridgehead atoms. The van der Waals surface area contributed by atoms with E-state index in [1.54, 1.807) is 24.4 Å². The number of aryl methyl sites for hydroxylation is 2. The number of hydrogen-bond donors (Lipinski definition) is 0. The summed E-state index contributed by atoms with van der Waals surface area (Å²) in [5.74, 6) is 0.789. The lowest BCUT2D eigenvalue weighted by atomic mass is 10.0. The largest absolute Gasteiger partial charge is 0.497 e. The van der Waals surface area contributed by atoms with Gasteiger partial charge in [0.15, 0.2) is 5.13 Å². The van der Waals surface area contributed by atoms with Crippen molar-refractivity contribution < 1.29 is 9.53 Å². The van der Waals surface area contributed by atoms with E-state index < -0.39 is 0 Å². The molecule has 4 rings (SSSR count). The van der Waals surface area contributed by atoms with Gasteiger partial charge in [0, 0.05) is 12.4 Å². The van der Waals surface area contributed by atoms with Crippen molar-refractivity contribution in [3.8, 4) is 5.75 Å². The fourth-order valence-corrected chi connectivity index (χ4v) is 4.33. The van der Waals surface area contributed by atoms with Crippen LogP contribution in [0.2, 0.25) is 0 Å². The average Bonchev–Trinajstić information content (AvgIpc) is 3.18. The van der Waals surface area contributed by atoms with Crippen molar-refractivity contribution in [2.24, 2.45) is 0 Å². The van der Waals surface area contributed by atoms with Crippen LogP contribution in [0.4, 0.5) is 5.13 Å². The Morgan fingerprint density at radius 2 is 2.00 bits per heavy atom. The number of anilines is 1. The lowest BCUT2D eigenvalue weighted by molar-refractivity contribution is -0.118. The Morgan fingerprint density at radius 1 is 1.13 bits per heavy atom. The molecule has 0 aliphatic heterocycles. The third kappa shape index (κ3) is 4.33. The second kappa shape index (κ2) is 8.63. The number of carbonyl (C=O) groups is 1. The first kappa shape index (κ1) is 20.0. The Balaban J connectivity index is 1.70. The highest BCUT2D eigenvalue weighted by atomic mass is 32.1. The van der Waals surface area contributed by atoms with Crippen LogP contribution >= 0.6 is 11.3 Å². The summed E-state index contributed by atoms with van der Waals surface area (Å²) in [5, 5.41) is 0.678. The molecule has 0 saturated heterocycles. The van der Waals surface area contributed by atoms with E-state index in [4.69, 9.17) is 9.72 Å². The van der Waals surface area contributed by atoms with E-state index in [2.05, 4.69) is 23.2 Å². The molecular formula is C24H23N3O2S. The molecular weight excluding hydrogens is 394 g/mol. The van der Waals surface area contributed by atoms with E-state index in [0.29, 0.717) is 18.1 Å². The number of thiazole rings is 1. The molecule has 0 fully saturated rings. The van der Waals surface area contributed by atoms with E-state index in [9.17, 15) is 4.79 Å². The number of fused-ring (bicyclic) bond motifs is 1. The second-order valence-corrected chi connectivity index (χ2v) is 8.29. The summed E-state index contributed by atoms with van der Waals surface area (Å²) in [5.41, 5.74) is 5.12. The monoisotopic (exact) mass is 417 g/mol. The van der Waals surface area contributed by atoms with Crippen LogP contribution in [0.25, 0.3) is 10.2 Å². The zero-order chi connectivity index (χ0) is 21.1. The number of ether oxygens (including phenoxy) is 1. The highest BCUT2D eigenvalue weighted by Gasteiger charge is 2.21. The summed E-state index contributed by atoms with van der Waals surface area (Å²) >= 11 is 1.49. The smallest absolute Gasteiger partial charge is 0.233 e. The number of aromatic nitrogens is 2. The van der Waals surface area contributed by atoms with Gasteiger partial charge >= 0.3 is 0 Å². The van der Waals surface area contributed by atoms with E-state index in [0.717, 1.165) is 38.2 Å². The molecule has 30 heavy (non-hydrogen) atoms. The summed E-state index contributed by atoms with van der Waals surface area (Å²) in [7, 11) is 1.64. The number of pyridine rings is 1. The van der Waals surface area contributed by atoms with Gasteiger partial charge in [-0.3, -0.25) is 14.7 Å². The average molecular weight is 418 g/mol. The van der Waals surface area contributed by atoms with Crippen LogP contribution in [0.3, 0.4) is 0 Å². The van der Waals surface area contributed by atoms with Gasteiger partial charge in [-0.1, -0.05) is 41.2 Å². The van der Waals surface area contributed by atoms with Gasteiger partial charge in [-0.25, -0.2) is 4.98 Å². The fourth-order valence-electron chi connectivity index (χ4n) is 3.32. The van der Waals surface area contributed by atoms with Crippen LogP contribution in [-0.2, 0) is 17.8 Å². The van der Waals surface area contributed by atoms with Crippen molar-refractivity contribution in [1.82, 2.24) is 9.97 Å². The Kier molecular flexibility index (Phi) is 5.77. The zero-order valence-electron chi connectivity index (χ0n) is 17.3. The highest BCUT2D eigenvalue weighted by Crippen LogP contribution is 2.32. The molecule has 0 unspecified atom stereocenters. The third-order valence-electron chi connectivity index (χ3n) is 5.03. The zero-order valence-corrected chi connectivity index (χ0v) is 18.1. The molecule has 1 amide bonds. The Labute approximate surface area is 180 Å². The van der Waals surface area contributed by atoms with Crippen LogP contribution < -0.4 is 9.64 Å². The van der Waals surface area contributed by atoms with Gasteiger partial charge in [0.05, 0.1) is 30.3 Å². The van der Waals surface area contributed by atoms with E-state index >= 15 is 0 Å². The van der Waals surface area contributed by atoms with Crippen LogP contribution in [0.1, 0.15) is 22.3 Å². The molecule has 152 valence electrons. The normalized spacial score (nSPS) is 10.9. The summed E-state index contributed by atoms with van der Waals surface area (Å²) in [6, 6.07) is 15.8. The van der Waals surface area contributed by atoms with E-state index in [1.807, 2.05) is 44.2 Å². The van der Waals surface area contributed by atoms with Crippen molar-refractivity contribution in [3.05, 3.63) is 83.2 Å². The molecule has 0 aliphatic carbocycles.